The number of hydrogen-bond acceptors (Lipinski definition) is 6. The maximum absolute atomic E-state index is 12.6. The van der Waals surface area contributed by atoms with E-state index in [0.29, 0.717) is 54.2 Å². The van der Waals surface area contributed by atoms with Gasteiger partial charge in [-0.2, -0.15) is 0 Å². The van der Waals surface area contributed by atoms with Gasteiger partial charge in [-0.15, -0.1) is 0 Å². The van der Waals surface area contributed by atoms with E-state index in [-0.39, 0.29) is 12.5 Å². The van der Waals surface area contributed by atoms with Crippen molar-refractivity contribution in [3.63, 3.8) is 0 Å². The molecule has 0 radical (unpaired) electrons. The second-order valence-electron chi connectivity index (χ2n) is 5.77. The van der Waals surface area contributed by atoms with Gasteiger partial charge in [0.15, 0.2) is 11.5 Å². The average Bonchev–Trinajstić information content (AvgIpc) is 3.08. The molecule has 2 rings (SSSR count). The molecular weight excluding hydrogens is 350 g/mol. The Morgan fingerprint density at radius 2 is 1.67 bits per heavy atom. The van der Waals surface area contributed by atoms with Gasteiger partial charge in [0.2, 0.25) is 5.75 Å². The molecule has 0 aliphatic heterocycles. The van der Waals surface area contributed by atoms with Crippen molar-refractivity contribution in [1.29, 1.82) is 0 Å². The van der Waals surface area contributed by atoms with Crippen molar-refractivity contribution in [3.8, 4) is 17.2 Å². The smallest absolute Gasteiger partial charge is 0.251 e. The lowest BCUT2D eigenvalue weighted by Crippen LogP contribution is -2.28. The van der Waals surface area contributed by atoms with Crippen LogP contribution < -0.4 is 19.5 Å². The highest BCUT2D eigenvalue weighted by atomic mass is 16.5. The van der Waals surface area contributed by atoms with E-state index in [1.54, 1.807) is 31.2 Å². The third-order valence-electron chi connectivity index (χ3n) is 3.72. The first kappa shape index (κ1) is 20.6. The molecular formula is C20H27NO6. The largest absolute Gasteiger partial charge is 0.490 e. The first-order valence-corrected chi connectivity index (χ1v) is 9.09. The molecule has 1 heterocycles. The summed E-state index contributed by atoms with van der Waals surface area (Å²) in [5.74, 6) is 2.11. The van der Waals surface area contributed by atoms with Crippen LogP contribution in [0, 0.1) is 6.92 Å². The number of aliphatic hydroxyl groups excluding tert-OH is 1. The van der Waals surface area contributed by atoms with Gasteiger partial charge in [0.05, 0.1) is 26.4 Å². The standard InChI is InChI=1S/C20H27NO6/c1-5-24-17-10-14(11-18(25-6-2)19(17)26-7-3)20(23)21-12-15(22)16-9-8-13(4)27-16/h8-11,15,22H,5-7,12H2,1-4H3,(H,21,23). The zero-order chi connectivity index (χ0) is 19.8. The number of aryl methyl sites for hydroxylation is 1. The van der Waals surface area contributed by atoms with E-state index in [4.69, 9.17) is 18.6 Å². The predicted molar refractivity (Wildman–Crippen MR) is 101 cm³/mol. The molecule has 1 aromatic carbocycles. The minimum atomic E-state index is -0.928. The van der Waals surface area contributed by atoms with Crippen LogP contribution in [-0.2, 0) is 0 Å². The van der Waals surface area contributed by atoms with Crippen molar-refractivity contribution in [1.82, 2.24) is 5.32 Å². The average molecular weight is 377 g/mol. The summed E-state index contributed by atoms with van der Waals surface area (Å²) in [5.41, 5.74) is 0.355. The van der Waals surface area contributed by atoms with Gasteiger partial charge in [-0.1, -0.05) is 0 Å². The Kier molecular flexibility index (Phi) is 7.55. The van der Waals surface area contributed by atoms with Gasteiger partial charge < -0.3 is 29.1 Å². The molecule has 1 unspecified atom stereocenters. The second kappa shape index (κ2) is 9.87. The highest BCUT2D eigenvalue weighted by Crippen LogP contribution is 2.39. The van der Waals surface area contributed by atoms with Crippen LogP contribution in [0.2, 0.25) is 0 Å². The molecule has 148 valence electrons. The number of benzene rings is 1. The molecule has 2 aromatic rings. The highest BCUT2D eigenvalue weighted by Gasteiger charge is 2.19. The minimum Gasteiger partial charge on any atom is -0.490 e. The van der Waals surface area contributed by atoms with Crippen molar-refractivity contribution < 1.29 is 28.5 Å². The number of carbonyl (C=O) groups excluding carboxylic acids is 1. The molecule has 0 saturated carbocycles. The van der Waals surface area contributed by atoms with Gasteiger partial charge in [-0.05, 0) is 52.0 Å². The first-order valence-electron chi connectivity index (χ1n) is 9.09. The molecule has 0 saturated heterocycles. The lowest BCUT2D eigenvalue weighted by Gasteiger charge is -2.17. The summed E-state index contributed by atoms with van der Waals surface area (Å²) in [4.78, 5) is 12.6. The van der Waals surface area contributed by atoms with Crippen LogP contribution in [-0.4, -0.2) is 37.4 Å². The predicted octanol–water partition coefficient (Wildman–Crippen LogP) is 3.25. The van der Waals surface area contributed by atoms with Crippen molar-refractivity contribution in [2.24, 2.45) is 0 Å². The summed E-state index contributed by atoms with van der Waals surface area (Å²) in [7, 11) is 0. The molecule has 7 heteroatoms. The van der Waals surface area contributed by atoms with Gasteiger partial charge in [0.25, 0.3) is 5.91 Å². The van der Waals surface area contributed by atoms with Crippen LogP contribution in [0.3, 0.4) is 0 Å². The van der Waals surface area contributed by atoms with Gasteiger partial charge in [0.1, 0.15) is 17.6 Å². The van der Waals surface area contributed by atoms with Crippen LogP contribution in [0.25, 0.3) is 0 Å². The van der Waals surface area contributed by atoms with E-state index in [1.807, 2.05) is 20.8 Å². The summed E-state index contributed by atoms with van der Waals surface area (Å²) >= 11 is 0. The Morgan fingerprint density at radius 3 is 2.15 bits per heavy atom. The zero-order valence-corrected chi connectivity index (χ0v) is 16.2. The van der Waals surface area contributed by atoms with Crippen LogP contribution in [0.4, 0.5) is 0 Å². The number of rotatable bonds is 10. The fourth-order valence-corrected chi connectivity index (χ4v) is 2.54. The van der Waals surface area contributed by atoms with Crippen molar-refractivity contribution >= 4 is 5.91 Å². The minimum absolute atomic E-state index is 0.0208. The third-order valence-corrected chi connectivity index (χ3v) is 3.72. The van der Waals surface area contributed by atoms with Crippen molar-refractivity contribution in [2.45, 2.75) is 33.8 Å². The number of furan rings is 1. The van der Waals surface area contributed by atoms with Gasteiger partial charge in [-0.25, -0.2) is 0 Å². The van der Waals surface area contributed by atoms with E-state index in [9.17, 15) is 9.90 Å². The summed E-state index contributed by atoms with van der Waals surface area (Å²) in [6, 6.07) is 6.66. The van der Waals surface area contributed by atoms with Gasteiger partial charge in [0, 0.05) is 5.56 Å². The molecule has 0 bridgehead atoms. The van der Waals surface area contributed by atoms with E-state index in [1.165, 1.54) is 0 Å². The Balaban J connectivity index is 2.18. The fourth-order valence-electron chi connectivity index (χ4n) is 2.54. The molecule has 0 fully saturated rings. The summed E-state index contributed by atoms with van der Waals surface area (Å²) in [6.07, 6.45) is -0.928. The lowest BCUT2D eigenvalue weighted by atomic mass is 10.1. The molecule has 0 aliphatic rings. The topological polar surface area (TPSA) is 90.2 Å². The van der Waals surface area contributed by atoms with Gasteiger partial charge >= 0.3 is 0 Å². The molecule has 1 atom stereocenters. The zero-order valence-electron chi connectivity index (χ0n) is 16.2. The van der Waals surface area contributed by atoms with Crippen LogP contribution in [0.5, 0.6) is 17.2 Å². The maximum atomic E-state index is 12.6. The number of hydrogen-bond donors (Lipinski definition) is 2. The van der Waals surface area contributed by atoms with E-state index >= 15 is 0 Å². The van der Waals surface area contributed by atoms with Gasteiger partial charge in [-0.3, -0.25) is 4.79 Å². The number of aliphatic hydroxyl groups is 1. The Labute approximate surface area is 159 Å². The quantitative estimate of drug-likeness (QED) is 0.661. The van der Waals surface area contributed by atoms with Crippen molar-refractivity contribution in [3.05, 3.63) is 41.3 Å². The Morgan fingerprint density at radius 1 is 1.07 bits per heavy atom. The summed E-state index contributed by atoms with van der Waals surface area (Å²) in [6.45, 7) is 8.67. The molecule has 2 N–H and O–H groups in total. The Bertz CT molecular complexity index is 728. The molecule has 1 amide bonds. The number of ether oxygens (including phenoxy) is 3. The monoisotopic (exact) mass is 377 g/mol. The van der Waals surface area contributed by atoms with E-state index in [0.717, 1.165) is 0 Å². The molecule has 7 nitrogen and oxygen atoms in total. The fraction of sp³-hybridized carbons (Fsp3) is 0.450. The van der Waals surface area contributed by atoms with E-state index in [2.05, 4.69) is 5.32 Å². The summed E-state index contributed by atoms with van der Waals surface area (Å²) in [5, 5.41) is 12.8. The lowest BCUT2D eigenvalue weighted by molar-refractivity contribution is 0.0899. The number of carbonyl (C=O) groups is 1. The summed E-state index contributed by atoms with van der Waals surface area (Å²) < 4.78 is 22.2. The van der Waals surface area contributed by atoms with Crippen LogP contribution >= 0.6 is 0 Å². The molecule has 0 aliphatic carbocycles. The number of amides is 1. The van der Waals surface area contributed by atoms with E-state index < -0.39 is 6.10 Å². The Hall–Kier alpha value is -2.67. The molecule has 0 spiro atoms. The van der Waals surface area contributed by atoms with Crippen LogP contribution in [0.15, 0.2) is 28.7 Å². The third kappa shape index (κ3) is 5.40. The van der Waals surface area contributed by atoms with Crippen LogP contribution in [0.1, 0.15) is 48.8 Å². The molecule has 27 heavy (non-hydrogen) atoms. The normalized spacial score (nSPS) is 11.7. The highest BCUT2D eigenvalue weighted by molar-refractivity contribution is 5.95. The maximum Gasteiger partial charge on any atom is 0.251 e. The van der Waals surface area contributed by atoms with Crippen molar-refractivity contribution in [2.75, 3.05) is 26.4 Å². The SMILES string of the molecule is CCOc1cc(C(=O)NCC(O)c2ccc(C)o2)cc(OCC)c1OCC. The second-order valence-corrected chi connectivity index (χ2v) is 5.77. The molecule has 1 aromatic heterocycles. The number of nitrogens with one attached hydrogen (secondary N) is 1. The first-order chi connectivity index (χ1) is 13.0.